The van der Waals surface area contributed by atoms with Crippen molar-refractivity contribution >= 4 is 28.9 Å². The van der Waals surface area contributed by atoms with Crippen LogP contribution in [0, 0.1) is 5.92 Å². The number of carbonyl (C=O) groups is 3. The number of benzene rings is 1. The molecule has 1 aromatic heterocycles. The van der Waals surface area contributed by atoms with Crippen molar-refractivity contribution in [3.8, 4) is 11.3 Å². The highest BCUT2D eigenvalue weighted by Gasteiger charge is 2.53. The Kier molecular flexibility index (Phi) is 7.63. The van der Waals surface area contributed by atoms with Gasteiger partial charge in [-0.15, -0.1) is 11.3 Å². The van der Waals surface area contributed by atoms with Crippen molar-refractivity contribution in [3.05, 3.63) is 40.2 Å². The van der Waals surface area contributed by atoms with E-state index < -0.39 is 36.2 Å². The maximum atomic E-state index is 14.4. The number of ketones is 1. The van der Waals surface area contributed by atoms with Gasteiger partial charge in [0, 0.05) is 16.5 Å². The summed E-state index contributed by atoms with van der Waals surface area (Å²) in [5.74, 6) is -1.06. The molecule has 2 aromatic rings. The van der Waals surface area contributed by atoms with Crippen molar-refractivity contribution in [1.82, 2.24) is 20.5 Å². The molecule has 0 bridgehead atoms. The fourth-order valence-corrected chi connectivity index (χ4v) is 5.39. The Morgan fingerprint density at radius 3 is 2.63 bits per heavy atom. The van der Waals surface area contributed by atoms with Crippen molar-refractivity contribution in [2.45, 2.75) is 57.6 Å². The highest BCUT2D eigenvalue weighted by molar-refractivity contribution is 7.10. The second kappa shape index (κ2) is 10.5. The van der Waals surface area contributed by atoms with Gasteiger partial charge in [-0.25, -0.2) is 9.37 Å². The molecule has 10 heteroatoms. The van der Waals surface area contributed by atoms with Gasteiger partial charge in [0.2, 0.25) is 5.91 Å². The predicted octanol–water partition coefficient (Wildman–Crippen LogP) is 2.75. The van der Waals surface area contributed by atoms with Crippen LogP contribution in [-0.4, -0.2) is 72.0 Å². The van der Waals surface area contributed by atoms with Crippen molar-refractivity contribution in [1.29, 1.82) is 0 Å². The molecule has 2 saturated heterocycles. The van der Waals surface area contributed by atoms with Gasteiger partial charge < -0.3 is 20.3 Å². The third kappa shape index (κ3) is 5.29. The summed E-state index contributed by atoms with van der Waals surface area (Å²) < 4.78 is 19.6. The first kappa shape index (κ1) is 25.4. The highest BCUT2D eigenvalue weighted by Crippen LogP contribution is 2.30. The maximum Gasteiger partial charge on any atom is 0.251 e. The summed E-state index contributed by atoms with van der Waals surface area (Å²) in [6, 6.07) is 5.40. The van der Waals surface area contributed by atoms with Gasteiger partial charge in [0.15, 0.2) is 5.78 Å². The summed E-state index contributed by atoms with van der Waals surface area (Å²) in [4.78, 5) is 44.5. The summed E-state index contributed by atoms with van der Waals surface area (Å²) in [7, 11) is 1.88. The first-order chi connectivity index (χ1) is 16.7. The number of carbonyl (C=O) groups excluding carboxylic acids is 3. The van der Waals surface area contributed by atoms with Crippen LogP contribution < -0.4 is 10.6 Å². The lowest BCUT2D eigenvalue weighted by Crippen LogP contribution is -2.52. The van der Waals surface area contributed by atoms with Crippen molar-refractivity contribution in [3.63, 3.8) is 0 Å². The van der Waals surface area contributed by atoms with Gasteiger partial charge in [0.05, 0.1) is 18.3 Å². The zero-order chi connectivity index (χ0) is 25.3. The molecule has 2 N–H and O–H groups in total. The first-order valence-corrected chi connectivity index (χ1v) is 12.7. The van der Waals surface area contributed by atoms with E-state index in [-0.39, 0.29) is 30.9 Å². The van der Waals surface area contributed by atoms with Gasteiger partial charge in [-0.05, 0) is 38.4 Å². The van der Waals surface area contributed by atoms with E-state index in [0.29, 0.717) is 12.0 Å². The molecule has 0 radical (unpaired) electrons. The second-order valence-electron chi connectivity index (χ2n) is 9.51. The number of hydrogen-bond donors (Lipinski definition) is 2. The Morgan fingerprint density at radius 1 is 1.26 bits per heavy atom. The third-order valence-electron chi connectivity index (χ3n) is 6.48. The Bertz CT molecular complexity index is 1090. The van der Waals surface area contributed by atoms with Gasteiger partial charge >= 0.3 is 0 Å². The average Bonchev–Trinajstić information content (AvgIpc) is 3.55. The molecular formula is C25H31FN4O4S. The number of amides is 2. The minimum absolute atomic E-state index is 0.0978. The fourth-order valence-electron chi connectivity index (χ4n) is 4.49. The summed E-state index contributed by atoms with van der Waals surface area (Å²) in [5.41, 5.74) is 2.12. The largest absolute Gasteiger partial charge is 0.365 e. The fraction of sp³-hybridized carbons (Fsp3) is 0.520. The van der Waals surface area contributed by atoms with Crippen LogP contribution in [0.1, 0.15) is 48.6 Å². The molecule has 8 nitrogen and oxygen atoms in total. The molecule has 3 heterocycles. The van der Waals surface area contributed by atoms with Crippen LogP contribution in [0.4, 0.5) is 4.39 Å². The zero-order valence-electron chi connectivity index (χ0n) is 20.3. The van der Waals surface area contributed by atoms with E-state index in [1.807, 2.05) is 45.3 Å². The number of Topliss-reactive ketones (excluding diaryl/α,β-unsaturated/α-hetero) is 1. The van der Waals surface area contributed by atoms with Crippen LogP contribution in [0.2, 0.25) is 0 Å². The zero-order valence-corrected chi connectivity index (χ0v) is 21.1. The molecule has 2 aliphatic heterocycles. The molecule has 0 spiro atoms. The smallest absolute Gasteiger partial charge is 0.251 e. The van der Waals surface area contributed by atoms with Crippen molar-refractivity contribution in [2.75, 3.05) is 20.2 Å². The Labute approximate surface area is 208 Å². The lowest BCUT2D eigenvalue weighted by atomic mass is 10.0. The number of fused-ring (bicyclic) bond motifs is 1. The summed E-state index contributed by atoms with van der Waals surface area (Å²) in [5, 5.41) is 8.93. The number of halogens is 1. The van der Waals surface area contributed by atoms with Gasteiger partial charge in [-0.3, -0.25) is 14.4 Å². The summed E-state index contributed by atoms with van der Waals surface area (Å²) in [6.07, 6.45) is -1.97. The van der Waals surface area contributed by atoms with E-state index in [1.54, 1.807) is 23.5 Å². The molecule has 5 atom stereocenters. The number of hydrogen-bond acceptors (Lipinski definition) is 7. The van der Waals surface area contributed by atoms with Gasteiger partial charge in [0.25, 0.3) is 5.91 Å². The van der Waals surface area contributed by atoms with Crippen LogP contribution in [0.3, 0.4) is 0 Å². The van der Waals surface area contributed by atoms with Gasteiger partial charge in [-0.2, -0.15) is 0 Å². The van der Waals surface area contributed by atoms with E-state index in [0.717, 1.165) is 16.3 Å². The van der Waals surface area contributed by atoms with E-state index in [9.17, 15) is 18.8 Å². The second-order valence-corrected chi connectivity index (χ2v) is 10.4. The Hall–Kier alpha value is -2.69. The van der Waals surface area contributed by atoms with Crippen LogP contribution in [0.15, 0.2) is 29.6 Å². The average molecular weight is 503 g/mol. The minimum atomic E-state index is -1.42. The van der Waals surface area contributed by atoms with Gasteiger partial charge in [-0.1, -0.05) is 26.0 Å². The van der Waals surface area contributed by atoms with Crippen LogP contribution in [-0.2, 0) is 14.3 Å². The molecule has 2 fully saturated rings. The van der Waals surface area contributed by atoms with Crippen molar-refractivity contribution < 1.29 is 23.5 Å². The molecule has 2 aliphatic rings. The highest BCUT2D eigenvalue weighted by atomic mass is 32.1. The lowest BCUT2D eigenvalue weighted by Gasteiger charge is -2.28. The van der Waals surface area contributed by atoms with E-state index in [4.69, 9.17) is 4.74 Å². The first-order valence-electron chi connectivity index (χ1n) is 11.8. The van der Waals surface area contributed by atoms with Crippen molar-refractivity contribution in [2.24, 2.45) is 5.92 Å². The van der Waals surface area contributed by atoms with Crippen LogP contribution in [0.25, 0.3) is 11.3 Å². The SMILES string of the molecule is CN[C@@H](C)c1nc(-c2ccc(C(=O)N[C@@H](CC(C)C)C(=O)N3C[C@H](F)[C@H]4OCC(=O)[C@H]43)cc2)cs1. The van der Waals surface area contributed by atoms with Crippen LogP contribution in [0.5, 0.6) is 0 Å². The maximum absolute atomic E-state index is 14.4. The summed E-state index contributed by atoms with van der Waals surface area (Å²) >= 11 is 1.57. The van der Waals surface area contributed by atoms with E-state index in [1.165, 1.54) is 4.90 Å². The molecule has 1 aromatic carbocycles. The molecule has 0 unspecified atom stereocenters. The lowest BCUT2D eigenvalue weighted by molar-refractivity contribution is -0.138. The third-order valence-corrected chi connectivity index (χ3v) is 7.51. The quantitative estimate of drug-likeness (QED) is 0.576. The topological polar surface area (TPSA) is 101 Å². The molecule has 188 valence electrons. The molecular weight excluding hydrogens is 471 g/mol. The van der Waals surface area contributed by atoms with Crippen LogP contribution >= 0.6 is 11.3 Å². The number of thiazole rings is 1. The number of alkyl halides is 1. The number of ether oxygens (including phenoxy) is 1. The molecule has 0 saturated carbocycles. The normalized spacial score (nSPS) is 23.4. The predicted molar refractivity (Wildman–Crippen MR) is 131 cm³/mol. The van der Waals surface area contributed by atoms with E-state index in [2.05, 4.69) is 15.6 Å². The number of nitrogens with one attached hydrogen (secondary N) is 2. The number of nitrogens with zero attached hydrogens (tertiary/aromatic N) is 2. The molecule has 2 amide bonds. The molecule has 4 rings (SSSR count). The monoisotopic (exact) mass is 502 g/mol. The number of likely N-dealkylation sites (tertiary alicyclic amines) is 1. The summed E-state index contributed by atoms with van der Waals surface area (Å²) in [6.45, 7) is 5.51. The standard InChI is InChI=1S/C25H31FN4O4S/c1-13(2)9-18(25(33)30-10-17(26)22-21(30)20(31)11-34-22)28-23(32)16-7-5-15(6-8-16)19-12-35-24(29-19)14(3)27-4/h5-8,12-14,17-18,21-22,27H,9-11H2,1-4H3,(H,28,32)/t14-,17-,18-,21+,22+/m0/s1. The Morgan fingerprint density at radius 2 is 1.97 bits per heavy atom. The number of aromatic nitrogens is 1. The minimum Gasteiger partial charge on any atom is -0.365 e. The van der Waals surface area contributed by atoms with Gasteiger partial charge in [0.1, 0.15) is 36.0 Å². The van der Waals surface area contributed by atoms with E-state index >= 15 is 0 Å². The molecule has 0 aliphatic carbocycles. The Balaban J connectivity index is 1.47. The molecule has 35 heavy (non-hydrogen) atoms. The number of rotatable bonds is 8.